The van der Waals surface area contributed by atoms with Gasteiger partial charge in [0.1, 0.15) is 6.33 Å². The second-order valence-electron chi connectivity index (χ2n) is 5.60. The summed E-state index contributed by atoms with van der Waals surface area (Å²) in [6.45, 7) is 11.2. The molecule has 0 aliphatic heterocycles. The lowest BCUT2D eigenvalue weighted by atomic mass is 10.1. The molecular formula is C17H23N7. The third-order valence-corrected chi connectivity index (χ3v) is 4.19. The van der Waals surface area contributed by atoms with Gasteiger partial charge >= 0.3 is 0 Å². The molecule has 2 heterocycles. The van der Waals surface area contributed by atoms with E-state index in [4.69, 9.17) is 0 Å². The van der Waals surface area contributed by atoms with Gasteiger partial charge in [-0.1, -0.05) is 5.21 Å². The van der Waals surface area contributed by atoms with Gasteiger partial charge in [-0.15, -0.1) is 5.10 Å². The van der Waals surface area contributed by atoms with Crippen LogP contribution in [0, 0.1) is 6.92 Å². The topological polar surface area (TPSA) is 71.8 Å². The summed E-state index contributed by atoms with van der Waals surface area (Å²) < 4.78 is 1.76. The zero-order valence-electron chi connectivity index (χ0n) is 14.6. The summed E-state index contributed by atoms with van der Waals surface area (Å²) in [6.07, 6.45) is 1.54. The van der Waals surface area contributed by atoms with Gasteiger partial charge in [0.15, 0.2) is 17.0 Å². The van der Waals surface area contributed by atoms with Crippen molar-refractivity contribution in [2.45, 2.75) is 34.2 Å². The van der Waals surface area contributed by atoms with Crippen molar-refractivity contribution in [3.63, 3.8) is 0 Å². The largest absolute Gasteiger partial charge is 0.372 e. The van der Waals surface area contributed by atoms with Gasteiger partial charge in [-0.2, -0.15) is 0 Å². The molecule has 0 saturated heterocycles. The molecule has 1 N–H and O–H groups in total. The molecule has 126 valence electrons. The first-order chi connectivity index (χ1) is 11.7. The van der Waals surface area contributed by atoms with Crippen molar-refractivity contribution < 1.29 is 0 Å². The molecule has 0 fully saturated rings. The number of nitrogens with zero attached hydrogens (tertiary/aromatic N) is 6. The second-order valence-corrected chi connectivity index (χ2v) is 5.60. The van der Waals surface area contributed by atoms with Crippen molar-refractivity contribution in [1.29, 1.82) is 0 Å². The molecule has 7 heteroatoms. The number of fused-ring (bicyclic) bond motifs is 1. The number of nitrogens with one attached hydrogen (secondary N) is 1. The Morgan fingerprint density at radius 2 is 1.92 bits per heavy atom. The number of benzene rings is 1. The van der Waals surface area contributed by atoms with Crippen molar-refractivity contribution in [1.82, 2.24) is 25.0 Å². The first kappa shape index (κ1) is 16.2. The summed E-state index contributed by atoms with van der Waals surface area (Å²) >= 11 is 0. The fourth-order valence-corrected chi connectivity index (χ4v) is 2.80. The van der Waals surface area contributed by atoms with Crippen LogP contribution in [0.1, 0.15) is 26.3 Å². The molecule has 0 aliphatic carbocycles. The maximum atomic E-state index is 4.33. The predicted molar refractivity (Wildman–Crippen MR) is 96.8 cm³/mol. The van der Waals surface area contributed by atoms with Gasteiger partial charge < -0.3 is 10.2 Å². The summed E-state index contributed by atoms with van der Waals surface area (Å²) in [5.74, 6) is 0.679. The molecule has 0 unspecified atom stereocenters. The third kappa shape index (κ3) is 2.89. The minimum absolute atomic E-state index is 0.679. The molecule has 24 heavy (non-hydrogen) atoms. The number of hydrogen-bond acceptors (Lipinski definition) is 6. The first-order valence-electron chi connectivity index (χ1n) is 8.34. The van der Waals surface area contributed by atoms with Gasteiger partial charge in [0, 0.05) is 31.0 Å². The minimum atomic E-state index is 0.679. The molecule has 3 rings (SSSR count). The third-order valence-electron chi connectivity index (χ3n) is 4.19. The van der Waals surface area contributed by atoms with Gasteiger partial charge in [-0.05, 0) is 51.5 Å². The average molecular weight is 325 g/mol. The Morgan fingerprint density at radius 1 is 1.12 bits per heavy atom. The highest BCUT2D eigenvalue weighted by Crippen LogP contribution is 2.27. The van der Waals surface area contributed by atoms with Crippen LogP contribution in [0.2, 0.25) is 0 Å². The summed E-state index contributed by atoms with van der Waals surface area (Å²) in [5.41, 5.74) is 4.83. The van der Waals surface area contributed by atoms with Crippen molar-refractivity contribution in [3.8, 4) is 0 Å². The van der Waals surface area contributed by atoms with E-state index in [2.05, 4.69) is 69.5 Å². The van der Waals surface area contributed by atoms with Crippen LogP contribution in [-0.4, -0.2) is 38.1 Å². The first-order valence-corrected chi connectivity index (χ1v) is 8.34. The quantitative estimate of drug-likeness (QED) is 0.750. The van der Waals surface area contributed by atoms with E-state index in [0.717, 1.165) is 36.5 Å². The van der Waals surface area contributed by atoms with Crippen LogP contribution in [-0.2, 0) is 6.54 Å². The molecule has 1 aromatic carbocycles. The molecule has 7 nitrogen and oxygen atoms in total. The average Bonchev–Trinajstić information content (AvgIpc) is 3.02. The summed E-state index contributed by atoms with van der Waals surface area (Å²) in [5, 5.41) is 11.7. The van der Waals surface area contributed by atoms with Crippen molar-refractivity contribution in [3.05, 3.63) is 30.1 Å². The Labute approximate surface area is 141 Å². The van der Waals surface area contributed by atoms with Gasteiger partial charge in [-0.3, -0.25) is 0 Å². The number of anilines is 3. The van der Waals surface area contributed by atoms with Crippen LogP contribution >= 0.6 is 0 Å². The molecule has 0 saturated carbocycles. The Kier molecular flexibility index (Phi) is 4.59. The molecule has 0 amide bonds. The second kappa shape index (κ2) is 6.82. The van der Waals surface area contributed by atoms with Crippen molar-refractivity contribution >= 4 is 28.4 Å². The molecule has 0 bridgehead atoms. The molecule has 2 aromatic heterocycles. The molecule has 0 radical (unpaired) electrons. The smallest absolute Gasteiger partial charge is 0.183 e. The van der Waals surface area contributed by atoms with Gasteiger partial charge in [0.2, 0.25) is 0 Å². The minimum Gasteiger partial charge on any atom is -0.372 e. The van der Waals surface area contributed by atoms with E-state index < -0.39 is 0 Å². The van der Waals surface area contributed by atoms with Crippen LogP contribution in [0.15, 0.2) is 24.5 Å². The van der Waals surface area contributed by atoms with Crippen LogP contribution in [0.5, 0.6) is 0 Å². The fourth-order valence-electron chi connectivity index (χ4n) is 2.80. The number of hydrogen-bond donors (Lipinski definition) is 1. The maximum absolute atomic E-state index is 4.33. The van der Waals surface area contributed by atoms with E-state index in [0.29, 0.717) is 11.3 Å². The monoisotopic (exact) mass is 325 g/mol. The summed E-state index contributed by atoms with van der Waals surface area (Å²) in [6, 6.07) is 6.40. The molecule has 0 atom stereocenters. The number of rotatable bonds is 6. The molecular weight excluding hydrogens is 302 g/mol. The lowest BCUT2D eigenvalue weighted by Gasteiger charge is -2.22. The lowest BCUT2D eigenvalue weighted by Crippen LogP contribution is -2.21. The van der Waals surface area contributed by atoms with E-state index in [9.17, 15) is 0 Å². The van der Waals surface area contributed by atoms with Gasteiger partial charge in [0.25, 0.3) is 0 Å². The zero-order valence-corrected chi connectivity index (χ0v) is 14.6. The highest BCUT2D eigenvalue weighted by Gasteiger charge is 2.12. The van der Waals surface area contributed by atoms with E-state index in [1.54, 1.807) is 11.0 Å². The van der Waals surface area contributed by atoms with Crippen LogP contribution in [0.3, 0.4) is 0 Å². The normalized spacial score (nSPS) is 11.0. The van der Waals surface area contributed by atoms with E-state index in [1.807, 2.05) is 6.92 Å². The Bertz CT molecular complexity index is 836. The summed E-state index contributed by atoms with van der Waals surface area (Å²) in [4.78, 5) is 10.9. The van der Waals surface area contributed by atoms with Gasteiger partial charge in [-0.25, -0.2) is 14.6 Å². The Morgan fingerprint density at radius 3 is 2.58 bits per heavy atom. The van der Waals surface area contributed by atoms with E-state index in [1.165, 1.54) is 5.69 Å². The van der Waals surface area contributed by atoms with Crippen LogP contribution in [0.4, 0.5) is 17.2 Å². The fraction of sp³-hybridized carbons (Fsp3) is 0.412. The highest BCUT2D eigenvalue weighted by molar-refractivity contribution is 5.85. The van der Waals surface area contributed by atoms with Gasteiger partial charge in [0.05, 0.1) is 0 Å². The van der Waals surface area contributed by atoms with Crippen molar-refractivity contribution in [2.24, 2.45) is 0 Å². The van der Waals surface area contributed by atoms with Crippen LogP contribution < -0.4 is 10.2 Å². The van der Waals surface area contributed by atoms with Crippen molar-refractivity contribution in [2.75, 3.05) is 23.3 Å². The SMILES string of the molecule is CCN(CC)c1ccc(Nc2ncnc3c2nnn3CC)c(C)c1. The maximum Gasteiger partial charge on any atom is 0.183 e. The molecule has 0 aliphatic rings. The number of aromatic nitrogens is 5. The Balaban J connectivity index is 1.93. The standard InChI is InChI=1S/C17H23N7/c1-5-23(6-2)13-8-9-14(12(4)10-13)20-16-15-17(19-11-18-16)24(7-3)22-21-15/h8-11H,5-7H2,1-4H3,(H,18,19,20). The van der Waals surface area contributed by atoms with E-state index in [-0.39, 0.29) is 0 Å². The molecule has 3 aromatic rings. The zero-order chi connectivity index (χ0) is 17.1. The number of aryl methyl sites for hydroxylation is 2. The lowest BCUT2D eigenvalue weighted by molar-refractivity contribution is 0.641. The van der Waals surface area contributed by atoms with Crippen LogP contribution in [0.25, 0.3) is 11.2 Å². The predicted octanol–water partition coefficient (Wildman–Crippen LogP) is 3.14. The summed E-state index contributed by atoms with van der Waals surface area (Å²) in [7, 11) is 0. The Hall–Kier alpha value is -2.70. The van der Waals surface area contributed by atoms with E-state index >= 15 is 0 Å². The molecule has 0 spiro atoms. The highest BCUT2D eigenvalue weighted by atomic mass is 15.4.